The van der Waals surface area contributed by atoms with E-state index in [4.69, 9.17) is 18.9 Å². The number of fused-ring (bicyclic) bond motifs is 1. The van der Waals surface area contributed by atoms with E-state index in [1.807, 2.05) is 0 Å². The largest absolute Gasteiger partial charge is 0.389 e. The van der Waals surface area contributed by atoms with Gasteiger partial charge in [-0.3, -0.25) is 0 Å². The van der Waals surface area contributed by atoms with Gasteiger partial charge in [0.25, 0.3) is 4.90 Å². The molecule has 0 bridgehead atoms. The number of nitrogens with zero attached hydrogens (tertiary/aromatic N) is 4. The molecule has 1 atom stereocenters. The fraction of sp³-hybridized carbons (Fsp3) is 0.765. The molecule has 1 unspecified atom stereocenters. The first kappa shape index (κ1) is 17.3. The van der Waals surface area contributed by atoms with Crippen LogP contribution in [0, 0.1) is 0 Å². The normalized spacial score (nSPS) is 24.3. The minimum absolute atomic E-state index is 0.226. The van der Waals surface area contributed by atoms with E-state index < -0.39 is 0 Å². The Morgan fingerprint density at radius 1 is 1.32 bits per heavy atom. The van der Waals surface area contributed by atoms with Gasteiger partial charge in [-0.05, 0) is 19.8 Å². The fourth-order valence-corrected chi connectivity index (χ4v) is 5.56. The zero-order valence-corrected chi connectivity index (χ0v) is 15.8. The second-order valence-electron chi connectivity index (χ2n) is 6.78. The molecule has 4 rings (SSSR count). The first-order valence-corrected chi connectivity index (χ1v) is 10.5. The number of hydrogen-bond donors (Lipinski definition) is 1. The lowest BCUT2D eigenvalue weighted by molar-refractivity contribution is 0.0844. The summed E-state index contributed by atoms with van der Waals surface area (Å²) in [5, 5.41) is 9.64. The van der Waals surface area contributed by atoms with Gasteiger partial charge in [-0.15, -0.1) is 0 Å². The van der Waals surface area contributed by atoms with E-state index in [9.17, 15) is 5.11 Å². The lowest BCUT2D eigenvalue weighted by Gasteiger charge is -2.38. The summed E-state index contributed by atoms with van der Waals surface area (Å²) < 4.78 is 11.3. The molecule has 7 nitrogen and oxygen atoms in total. The smallest absolute Gasteiger partial charge is 0.254 e. The van der Waals surface area contributed by atoms with Gasteiger partial charge in [-0.25, -0.2) is 4.98 Å². The Bertz CT molecular complexity index is 620. The van der Waals surface area contributed by atoms with Gasteiger partial charge >= 0.3 is 0 Å². The molecule has 25 heavy (non-hydrogen) atoms. The number of β-amino-alcohol motifs (C(OH)–C–C–N with tert-alkyl or cyclic N) is 1. The van der Waals surface area contributed by atoms with Crippen molar-refractivity contribution in [2.75, 3.05) is 55.5 Å². The maximum atomic E-state index is 9.64. The molecule has 0 radical (unpaired) electrons. The zero-order valence-electron chi connectivity index (χ0n) is 15.0. The van der Waals surface area contributed by atoms with Crippen molar-refractivity contribution >= 4 is 22.9 Å². The molecule has 0 saturated carbocycles. The van der Waals surface area contributed by atoms with Crippen LogP contribution in [0.3, 0.4) is 0 Å². The second-order valence-corrected chi connectivity index (χ2v) is 8.62. The summed E-state index contributed by atoms with van der Waals surface area (Å²) in [5.74, 6) is 2.79. The third-order valence-corrected chi connectivity index (χ3v) is 7.10. The van der Waals surface area contributed by atoms with E-state index in [1.165, 1.54) is 4.90 Å². The summed E-state index contributed by atoms with van der Waals surface area (Å²) in [5.41, 5.74) is 1.12. The highest BCUT2D eigenvalue weighted by atomic mass is 32.2. The summed E-state index contributed by atoms with van der Waals surface area (Å²) in [7, 11) is 1.78. The Labute approximate surface area is 151 Å². The molecule has 0 aliphatic carbocycles. The van der Waals surface area contributed by atoms with Crippen LogP contribution in [0.15, 0.2) is 4.90 Å². The van der Waals surface area contributed by atoms with Crippen molar-refractivity contribution in [3.63, 3.8) is 0 Å². The summed E-state index contributed by atoms with van der Waals surface area (Å²) in [4.78, 5) is 15.5. The predicted molar refractivity (Wildman–Crippen MR) is 98.3 cm³/mol. The molecule has 2 fully saturated rings. The van der Waals surface area contributed by atoms with Crippen LogP contribution < -0.4 is 9.80 Å². The highest BCUT2D eigenvalue weighted by molar-refractivity contribution is 7.92. The molecule has 0 spiro atoms. The molecule has 2 saturated heterocycles. The van der Waals surface area contributed by atoms with E-state index in [0.29, 0.717) is 19.1 Å². The van der Waals surface area contributed by atoms with Crippen molar-refractivity contribution in [1.82, 2.24) is 9.97 Å². The number of aryl methyl sites for hydroxylation is 1. The summed E-state index contributed by atoms with van der Waals surface area (Å²) in [6.45, 7) is 5.98. The van der Waals surface area contributed by atoms with Gasteiger partial charge in [0.05, 0.1) is 13.2 Å². The Hall–Kier alpha value is -1.09. The van der Waals surface area contributed by atoms with Crippen LogP contribution >= 0.6 is 0 Å². The number of aliphatic hydroxyl groups excluding tert-OH is 1. The Morgan fingerprint density at radius 3 is 2.72 bits per heavy atom. The number of ether oxygens (including phenoxy) is 1. The van der Waals surface area contributed by atoms with Crippen molar-refractivity contribution in [2.24, 2.45) is 0 Å². The number of anilines is 2. The van der Waals surface area contributed by atoms with Crippen molar-refractivity contribution in [1.29, 1.82) is 0 Å². The van der Waals surface area contributed by atoms with Crippen LogP contribution in [0.25, 0.3) is 0 Å². The number of aromatic nitrogens is 2. The van der Waals surface area contributed by atoms with Gasteiger partial charge in [0.2, 0.25) is 5.95 Å². The average molecular weight is 367 g/mol. The van der Waals surface area contributed by atoms with Crippen molar-refractivity contribution < 1.29 is 14.0 Å². The van der Waals surface area contributed by atoms with Crippen molar-refractivity contribution in [3.05, 3.63) is 5.69 Å². The van der Waals surface area contributed by atoms with E-state index in [1.54, 1.807) is 7.11 Å². The van der Waals surface area contributed by atoms with Crippen LogP contribution in [-0.2, 0) is 26.5 Å². The molecule has 0 aromatic carbocycles. The zero-order chi connectivity index (χ0) is 17.4. The summed E-state index contributed by atoms with van der Waals surface area (Å²) in [6, 6.07) is 0.454. The highest BCUT2D eigenvalue weighted by Crippen LogP contribution is 2.38. The molecule has 1 aromatic heterocycles. The van der Waals surface area contributed by atoms with E-state index >= 15 is 0 Å². The molecule has 3 aliphatic heterocycles. The average Bonchev–Trinajstić information content (AvgIpc) is 3.03. The van der Waals surface area contributed by atoms with Crippen molar-refractivity contribution in [2.45, 2.75) is 43.2 Å². The molecule has 1 aromatic rings. The molecule has 138 valence electrons. The van der Waals surface area contributed by atoms with Crippen LogP contribution in [-0.4, -0.2) is 72.9 Å². The maximum absolute atomic E-state index is 9.64. The second kappa shape index (κ2) is 7.26. The first-order chi connectivity index (χ1) is 12.2. The van der Waals surface area contributed by atoms with Gasteiger partial charge in [0.15, 0.2) is 22.7 Å². The van der Waals surface area contributed by atoms with E-state index in [-0.39, 0.29) is 17.3 Å². The molecule has 4 heterocycles. The Balaban J connectivity index is 1.72. The molecular formula is C17H27N4O3S+. The third-order valence-electron chi connectivity index (χ3n) is 5.25. The monoisotopic (exact) mass is 367 g/mol. The molecule has 8 heteroatoms. The lowest BCUT2D eigenvalue weighted by atomic mass is 10.1. The minimum atomic E-state index is -0.258. The molecular weight excluding hydrogens is 340 g/mol. The van der Waals surface area contributed by atoms with Crippen molar-refractivity contribution in [3.8, 4) is 0 Å². The van der Waals surface area contributed by atoms with Crippen LogP contribution in [0.2, 0.25) is 0 Å². The maximum Gasteiger partial charge on any atom is 0.254 e. The van der Waals surface area contributed by atoms with Gasteiger partial charge in [-0.2, -0.15) is 9.17 Å². The standard InChI is InChI=1S/C17H27N4O3S/c1-3-21(12-4-7-24-8-5-12)16-15-14(6-9-25(15)23-2)18-17(19-16)20-10-13(22)11-20/h12-13,22H,3-11H2,1-2H3/q+1. The fourth-order valence-electron chi connectivity index (χ4n) is 3.86. The SMILES string of the molecule is CCN(c1nc(N2CC(O)C2)nc2c1[S+](OC)CC2)C1CCOCC1. The minimum Gasteiger partial charge on any atom is -0.389 e. The summed E-state index contributed by atoms with van der Waals surface area (Å²) >= 11 is -0.226. The Morgan fingerprint density at radius 2 is 2.08 bits per heavy atom. The van der Waals surface area contributed by atoms with E-state index in [0.717, 1.165) is 62.2 Å². The third kappa shape index (κ3) is 3.20. The quantitative estimate of drug-likeness (QED) is 0.771. The topological polar surface area (TPSA) is 71.0 Å². The lowest BCUT2D eigenvalue weighted by Crippen LogP contribution is -2.52. The van der Waals surface area contributed by atoms with Crippen LogP contribution in [0.5, 0.6) is 0 Å². The van der Waals surface area contributed by atoms with Gasteiger partial charge < -0.3 is 19.6 Å². The van der Waals surface area contributed by atoms with E-state index in [2.05, 4.69) is 16.7 Å². The number of aliphatic hydroxyl groups is 1. The summed E-state index contributed by atoms with van der Waals surface area (Å²) in [6.07, 6.45) is 2.75. The number of hydrogen-bond acceptors (Lipinski definition) is 7. The predicted octanol–water partition coefficient (Wildman–Crippen LogP) is 0.757. The molecule has 1 N–H and O–H groups in total. The van der Waals surface area contributed by atoms with Crippen LogP contribution in [0.1, 0.15) is 25.5 Å². The molecule has 3 aliphatic rings. The van der Waals surface area contributed by atoms with Crippen LogP contribution in [0.4, 0.5) is 11.8 Å². The van der Waals surface area contributed by atoms with Gasteiger partial charge in [0, 0.05) is 45.3 Å². The highest BCUT2D eigenvalue weighted by Gasteiger charge is 2.43. The first-order valence-electron chi connectivity index (χ1n) is 9.15. The Kier molecular flexibility index (Phi) is 5.04. The molecule has 0 amide bonds. The van der Waals surface area contributed by atoms with Gasteiger partial charge in [0.1, 0.15) is 5.69 Å². The number of rotatable bonds is 5. The van der Waals surface area contributed by atoms with Gasteiger partial charge in [-0.1, -0.05) is 0 Å².